The Morgan fingerprint density at radius 3 is 2.44 bits per heavy atom. The van der Waals surface area contributed by atoms with Crippen molar-refractivity contribution in [2.75, 3.05) is 24.4 Å². The summed E-state index contributed by atoms with van der Waals surface area (Å²) in [5, 5.41) is 3.18. The highest BCUT2D eigenvalue weighted by atomic mass is 19.4. The molecular weight excluding hydrogens is 449 g/mol. The van der Waals surface area contributed by atoms with Gasteiger partial charge in [0, 0.05) is 23.3 Å². The van der Waals surface area contributed by atoms with E-state index in [1.54, 1.807) is 30.3 Å². The second-order valence-corrected chi connectivity index (χ2v) is 9.16. The first-order valence-electron chi connectivity index (χ1n) is 10.7. The van der Waals surface area contributed by atoms with Crippen molar-refractivity contribution in [3.63, 3.8) is 0 Å². The Morgan fingerprint density at radius 2 is 1.79 bits per heavy atom. The van der Waals surface area contributed by atoms with Gasteiger partial charge < -0.3 is 14.8 Å². The largest absolute Gasteiger partial charge is 0.497 e. The molecule has 1 aliphatic carbocycles. The Kier molecular flexibility index (Phi) is 5.83. The fourth-order valence-corrected chi connectivity index (χ4v) is 4.69. The zero-order valence-corrected chi connectivity index (χ0v) is 19.2. The number of carbonyl (C=O) groups is 2. The van der Waals surface area contributed by atoms with E-state index in [1.165, 1.54) is 26.4 Å². The van der Waals surface area contributed by atoms with Gasteiger partial charge in [0.05, 0.1) is 31.6 Å². The summed E-state index contributed by atoms with van der Waals surface area (Å²) >= 11 is 0. The van der Waals surface area contributed by atoms with Crippen molar-refractivity contribution in [2.24, 2.45) is 5.41 Å². The molecule has 2 aromatic carbocycles. The smallest absolute Gasteiger partial charge is 0.471 e. The Morgan fingerprint density at radius 1 is 1.09 bits per heavy atom. The molecule has 9 heteroatoms. The lowest BCUT2D eigenvalue weighted by Crippen LogP contribution is -2.45. The summed E-state index contributed by atoms with van der Waals surface area (Å²) in [6.07, 6.45) is -4.64. The number of amides is 1. The van der Waals surface area contributed by atoms with Gasteiger partial charge in [-0.05, 0) is 42.2 Å². The number of ketones is 1. The molecule has 34 heavy (non-hydrogen) atoms. The van der Waals surface area contributed by atoms with Crippen molar-refractivity contribution >= 4 is 23.1 Å². The molecule has 0 radical (unpaired) electrons. The number of alkyl halides is 3. The summed E-state index contributed by atoms with van der Waals surface area (Å²) in [5.74, 6) is -1.83. The third-order valence-corrected chi connectivity index (χ3v) is 6.09. The average Bonchev–Trinajstić information content (AvgIpc) is 2.90. The molecule has 0 spiro atoms. The van der Waals surface area contributed by atoms with E-state index < -0.39 is 23.5 Å². The van der Waals surface area contributed by atoms with Crippen LogP contribution in [0, 0.1) is 5.41 Å². The second-order valence-electron chi connectivity index (χ2n) is 9.16. The minimum absolute atomic E-state index is 0.0136. The van der Waals surface area contributed by atoms with Gasteiger partial charge in [-0.15, -0.1) is 0 Å². The van der Waals surface area contributed by atoms with Crippen LogP contribution in [0.25, 0.3) is 0 Å². The van der Waals surface area contributed by atoms with Crippen molar-refractivity contribution in [2.45, 2.75) is 38.9 Å². The van der Waals surface area contributed by atoms with Crippen LogP contribution in [-0.4, -0.2) is 32.1 Å². The minimum Gasteiger partial charge on any atom is -0.497 e. The fourth-order valence-electron chi connectivity index (χ4n) is 4.69. The second kappa shape index (κ2) is 8.38. The number of ether oxygens (including phenoxy) is 2. The molecule has 1 heterocycles. The number of methoxy groups -OCH3 is 2. The first kappa shape index (κ1) is 23.7. The number of nitrogens with zero attached hydrogens (tertiary/aromatic N) is 1. The molecule has 6 nitrogen and oxygen atoms in total. The molecular formula is C25H25F3N2O4. The van der Waals surface area contributed by atoms with E-state index in [4.69, 9.17) is 9.47 Å². The van der Waals surface area contributed by atoms with Gasteiger partial charge >= 0.3 is 12.1 Å². The molecule has 180 valence electrons. The zero-order valence-electron chi connectivity index (χ0n) is 19.2. The van der Waals surface area contributed by atoms with Crippen LogP contribution < -0.4 is 19.7 Å². The fraction of sp³-hybridized carbons (Fsp3) is 0.360. The van der Waals surface area contributed by atoms with Gasteiger partial charge in [-0.3, -0.25) is 14.5 Å². The predicted octanol–water partition coefficient (Wildman–Crippen LogP) is 5.41. The number of Topliss-reactive ketones (excluding diaryl/α,β-unsaturated/α-hetero) is 1. The van der Waals surface area contributed by atoms with E-state index >= 15 is 0 Å². The van der Waals surface area contributed by atoms with Gasteiger partial charge in [-0.2, -0.15) is 13.2 Å². The molecule has 1 unspecified atom stereocenters. The summed E-state index contributed by atoms with van der Waals surface area (Å²) in [5.41, 5.74) is 0.728. The van der Waals surface area contributed by atoms with Crippen LogP contribution in [0.4, 0.5) is 24.5 Å². The highest BCUT2D eigenvalue weighted by Gasteiger charge is 2.51. The lowest BCUT2D eigenvalue weighted by Gasteiger charge is -2.37. The molecule has 2 aliphatic rings. The van der Waals surface area contributed by atoms with Gasteiger partial charge in [0.15, 0.2) is 5.78 Å². The number of hydrogen-bond donors (Lipinski definition) is 1. The van der Waals surface area contributed by atoms with E-state index in [9.17, 15) is 22.8 Å². The molecule has 1 aliphatic heterocycles. The monoisotopic (exact) mass is 474 g/mol. The number of rotatable bonds is 3. The summed E-state index contributed by atoms with van der Waals surface area (Å²) < 4.78 is 52.6. The highest BCUT2D eigenvalue weighted by Crippen LogP contribution is 2.51. The number of nitrogens with one attached hydrogen (secondary N) is 1. The Hall–Kier alpha value is -3.49. The standard InChI is InChI=1S/C25H25F3N2O4/c1-24(2)12-17-21(19(31)13-24)22(15-11-14(33-3)9-10-20(15)34-4)30(23(32)25(26,27)28)18-8-6-5-7-16(18)29-17/h5-11,22,29H,12-13H2,1-4H3. The highest BCUT2D eigenvalue weighted by molar-refractivity contribution is 6.07. The number of allylic oxidation sites excluding steroid dienone is 1. The van der Waals surface area contributed by atoms with Crippen LogP contribution in [0.2, 0.25) is 0 Å². The maximum absolute atomic E-state index is 14.0. The van der Waals surface area contributed by atoms with Crippen LogP contribution in [0.1, 0.15) is 38.3 Å². The van der Waals surface area contributed by atoms with Crippen LogP contribution in [-0.2, 0) is 9.59 Å². The topological polar surface area (TPSA) is 67.9 Å². The van der Waals surface area contributed by atoms with E-state index in [0.29, 0.717) is 28.5 Å². The number of benzene rings is 2. The van der Waals surface area contributed by atoms with Crippen molar-refractivity contribution in [1.29, 1.82) is 0 Å². The number of fused-ring (bicyclic) bond motifs is 1. The van der Waals surface area contributed by atoms with Crippen LogP contribution in [0.3, 0.4) is 0 Å². The lowest BCUT2D eigenvalue weighted by atomic mass is 9.73. The Balaban J connectivity index is 2.10. The number of carbonyl (C=O) groups excluding carboxylic acids is 2. The molecule has 0 saturated heterocycles. The van der Waals surface area contributed by atoms with E-state index in [1.807, 2.05) is 13.8 Å². The van der Waals surface area contributed by atoms with Crippen molar-refractivity contribution < 1.29 is 32.2 Å². The molecule has 2 aromatic rings. The number of anilines is 2. The molecule has 0 aromatic heterocycles. The van der Waals surface area contributed by atoms with Crippen molar-refractivity contribution in [3.8, 4) is 11.5 Å². The van der Waals surface area contributed by atoms with Gasteiger partial charge in [0.25, 0.3) is 0 Å². The van der Waals surface area contributed by atoms with Crippen LogP contribution >= 0.6 is 0 Å². The van der Waals surface area contributed by atoms with Crippen LogP contribution in [0.5, 0.6) is 11.5 Å². The maximum atomic E-state index is 14.0. The summed E-state index contributed by atoms with van der Waals surface area (Å²) in [7, 11) is 2.80. The maximum Gasteiger partial charge on any atom is 0.471 e. The predicted molar refractivity (Wildman–Crippen MR) is 121 cm³/mol. The molecule has 1 N–H and O–H groups in total. The number of hydrogen-bond acceptors (Lipinski definition) is 5. The normalized spacial score (nSPS) is 19.6. The summed E-state index contributed by atoms with van der Waals surface area (Å²) in [6.45, 7) is 3.85. The van der Waals surface area contributed by atoms with Crippen molar-refractivity contribution in [3.05, 3.63) is 59.3 Å². The molecule has 0 fully saturated rings. The SMILES string of the molecule is COc1ccc(OC)c(C2C3=C(CC(C)(C)CC3=O)Nc3ccccc3N2C(=O)C(F)(F)F)c1. The summed E-state index contributed by atoms with van der Waals surface area (Å²) in [6, 6.07) is 9.50. The Bertz CT molecular complexity index is 1190. The minimum atomic E-state index is -5.18. The van der Waals surface area contributed by atoms with Gasteiger partial charge in [0.2, 0.25) is 0 Å². The van der Waals surface area contributed by atoms with Gasteiger partial charge in [0.1, 0.15) is 11.5 Å². The first-order valence-corrected chi connectivity index (χ1v) is 10.7. The zero-order chi connectivity index (χ0) is 24.8. The number of para-hydroxylation sites is 2. The molecule has 1 amide bonds. The third-order valence-electron chi connectivity index (χ3n) is 6.09. The molecule has 0 saturated carbocycles. The van der Waals surface area contributed by atoms with Gasteiger partial charge in [-0.25, -0.2) is 0 Å². The van der Waals surface area contributed by atoms with Gasteiger partial charge in [-0.1, -0.05) is 26.0 Å². The third kappa shape index (κ3) is 4.10. The first-order chi connectivity index (χ1) is 16.0. The molecule has 4 rings (SSSR count). The quantitative estimate of drug-likeness (QED) is 0.645. The van der Waals surface area contributed by atoms with E-state index in [2.05, 4.69) is 5.32 Å². The average molecular weight is 474 g/mol. The summed E-state index contributed by atoms with van der Waals surface area (Å²) in [4.78, 5) is 27.1. The number of halogens is 3. The Labute approximate surface area is 195 Å². The van der Waals surface area contributed by atoms with Crippen LogP contribution in [0.15, 0.2) is 53.7 Å². The molecule has 1 atom stereocenters. The molecule has 0 bridgehead atoms. The van der Waals surface area contributed by atoms with E-state index in [-0.39, 0.29) is 34.8 Å². The van der Waals surface area contributed by atoms with E-state index in [0.717, 1.165) is 0 Å². The van der Waals surface area contributed by atoms with Crippen molar-refractivity contribution in [1.82, 2.24) is 0 Å². The lowest BCUT2D eigenvalue weighted by molar-refractivity contribution is -0.170.